The third-order valence-electron chi connectivity index (χ3n) is 3.76. The van der Waals surface area contributed by atoms with Gasteiger partial charge in [0.1, 0.15) is 18.1 Å². The first-order valence-electron chi connectivity index (χ1n) is 9.08. The highest BCUT2D eigenvalue weighted by Gasteiger charge is 2.28. The van der Waals surface area contributed by atoms with Crippen LogP contribution in [0, 0.1) is 0 Å². The average Bonchev–Trinajstić information content (AvgIpc) is 2.62. The molecule has 0 aromatic carbocycles. The number of aliphatic carboxylic acids is 1. The molecule has 4 amide bonds. The van der Waals surface area contributed by atoms with Gasteiger partial charge in [-0.2, -0.15) is 0 Å². The summed E-state index contributed by atoms with van der Waals surface area (Å²) in [5.74, 6) is -4.60. The number of rotatable bonds is 13. The van der Waals surface area contributed by atoms with E-state index in [0.717, 1.165) is 0 Å². The summed E-state index contributed by atoms with van der Waals surface area (Å²) in [5, 5.41) is 16.1. The highest BCUT2D eigenvalue weighted by molar-refractivity contribution is 5.95. The lowest BCUT2D eigenvalue weighted by Crippen LogP contribution is -2.56. The van der Waals surface area contributed by atoms with Gasteiger partial charge in [0.25, 0.3) is 0 Å². The van der Waals surface area contributed by atoms with Crippen molar-refractivity contribution in [2.24, 2.45) is 27.9 Å². The van der Waals surface area contributed by atoms with Crippen LogP contribution in [0.1, 0.15) is 33.1 Å². The van der Waals surface area contributed by atoms with Gasteiger partial charge in [-0.05, 0) is 26.7 Å². The van der Waals surface area contributed by atoms with Gasteiger partial charge in [-0.15, -0.1) is 0 Å². The molecule has 0 bridgehead atoms. The van der Waals surface area contributed by atoms with E-state index in [4.69, 9.17) is 22.9 Å². The van der Waals surface area contributed by atoms with Gasteiger partial charge < -0.3 is 44.0 Å². The lowest BCUT2D eigenvalue weighted by molar-refractivity contribution is -0.142. The van der Waals surface area contributed by atoms with Crippen LogP contribution in [0.2, 0.25) is 0 Å². The lowest BCUT2D eigenvalue weighted by Gasteiger charge is -2.22. The molecule has 0 aromatic heterocycles. The minimum atomic E-state index is -1.34. The second-order valence-electron chi connectivity index (χ2n) is 6.60. The lowest BCUT2D eigenvalue weighted by atomic mass is 10.1. The van der Waals surface area contributed by atoms with E-state index >= 15 is 0 Å². The third-order valence-corrected chi connectivity index (χ3v) is 3.76. The first-order valence-corrected chi connectivity index (χ1v) is 9.08. The second kappa shape index (κ2) is 12.9. The van der Waals surface area contributed by atoms with Crippen molar-refractivity contribution in [2.75, 3.05) is 6.54 Å². The molecule has 12 N–H and O–H groups in total. The molecule has 0 heterocycles. The maximum atomic E-state index is 12.3. The zero-order chi connectivity index (χ0) is 23.4. The summed E-state index contributed by atoms with van der Waals surface area (Å²) >= 11 is 0. The van der Waals surface area contributed by atoms with Crippen molar-refractivity contribution in [1.82, 2.24) is 16.0 Å². The summed E-state index contributed by atoms with van der Waals surface area (Å²) in [7, 11) is 0. The molecule has 30 heavy (non-hydrogen) atoms. The number of nitrogens with zero attached hydrogens (tertiary/aromatic N) is 1. The molecular weight excluding hydrogens is 400 g/mol. The van der Waals surface area contributed by atoms with Gasteiger partial charge in [-0.3, -0.25) is 24.2 Å². The minimum absolute atomic E-state index is 0.0489. The van der Waals surface area contributed by atoms with Gasteiger partial charge in [0, 0.05) is 6.54 Å². The molecule has 14 nitrogen and oxygen atoms in total. The second-order valence-corrected chi connectivity index (χ2v) is 6.60. The number of carbonyl (C=O) groups excluding carboxylic acids is 4. The molecule has 0 saturated carbocycles. The van der Waals surface area contributed by atoms with Crippen molar-refractivity contribution in [3.8, 4) is 0 Å². The number of amides is 4. The van der Waals surface area contributed by atoms with E-state index in [1.54, 1.807) is 0 Å². The van der Waals surface area contributed by atoms with Crippen molar-refractivity contribution in [2.45, 2.75) is 57.3 Å². The molecule has 0 aliphatic heterocycles. The number of carbonyl (C=O) groups is 5. The third kappa shape index (κ3) is 10.8. The quantitative estimate of drug-likeness (QED) is 0.0799. The molecule has 0 aliphatic rings. The van der Waals surface area contributed by atoms with E-state index in [-0.39, 0.29) is 18.9 Å². The Kier molecular flexibility index (Phi) is 11.5. The van der Waals surface area contributed by atoms with Gasteiger partial charge >= 0.3 is 5.97 Å². The van der Waals surface area contributed by atoms with Crippen molar-refractivity contribution in [1.29, 1.82) is 0 Å². The van der Waals surface area contributed by atoms with Crippen molar-refractivity contribution in [3.63, 3.8) is 0 Å². The van der Waals surface area contributed by atoms with Gasteiger partial charge in [0.15, 0.2) is 5.96 Å². The Hall–Kier alpha value is -3.42. The van der Waals surface area contributed by atoms with Crippen LogP contribution in [-0.2, 0) is 24.0 Å². The molecule has 14 heteroatoms. The standard InChI is InChI=1S/C16H30N8O6/c1-7(17)12(26)24-10(6-11(18)25)14(28)22-8(2)13(27)23-9(15(29)30)4-3-5-21-16(19)20/h7-10H,3-6,17H2,1-2H3,(H2,18,25)(H,22,28)(H,23,27)(H,24,26)(H,29,30)(H4,19,20,21). The Balaban J connectivity index is 4.92. The first kappa shape index (κ1) is 26.6. The fourth-order valence-corrected chi connectivity index (χ4v) is 2.15. The summed E-state index contributed by atoms with van der Waals surface area (Å²) in [6.07, 6.45) is -0.172. The van der Waals surface area contributed by atoms with Crippen molar-refractivity contribution >= 4 is 35.6 Å². The van der Waals surface area contributed by atoms with Gasteiger partial charge in [0.05, 0.1) is 12.5 Å². The molecule has 170 valence electrons. The Morgan fingerprint density at radius 2 is 1.47 bits per heavy atom. The molecule has 0 radical (unpaired) electrons. The van der Waals surface area contributed by atoms with Crippen LogP contribution >= 0.6 is 0 Å². The Labute approximate surface area is 173 Å². The first-order chi connectivity index (χ1) is 13.8. The molecule has 0 rings (SSSR count). The van der Waals surface area contributed by atoms with Crippen molar-refractivity contribution in [3.05, 3.63) is 0 Å². The molecule has 0 aromatic rings. The van der Waals surface area contributed by atoms with E-state index in [2.05, 4.69) is 20.9 Å². The Bertz CT molecular complexity index is 677. The molecule has 0 aliphatic carbocycles. The average molecular weight is 430 g/mol. The van der Waals surface area contributed by atoms with Gasteiger partial charge in [-0.1, -0.05) is 0 Å². The summed E-state index contributed by atoms with van der Waals surface area (Å²) < 4.78 is 0. The van der Waals surface area contributed by atoms with Gasteiger partial charge in [-0.25, -0.2) is 4.79 Å². The maximum Gasteiger partial charge on any atom is 0.326 e. The van der Waals surface area contributed by atoms with Crippen molar-refractivity contribution < 1.29 is 29.1 Å². The zero-order valence-corrected chi connectivity index (χ0v) is 16.9. The Morgan fingerprint density at radius 3 is 1.93 bits per heavy atom. The zero-order valence-electron chi connectivity index (χ0n) is 16.9. The SMILES string of the molecule is CC(N)C(=O)NC(CC(N)=O)C(=O)NC(C)C(=O)NC(CCCN=C(N)N)C(=O)O. The molecule has 4 unspecified atom stereocenters. The maximum absolute atomic E-state index is 12.3. The number of hydrogen-bond donors (Lipinski definition) is 8. The van der Waals surface area contributed by atoms with Crippen LogP contribution < -0.4 is 38.9 Å². The van der Waals surface area contributed by atoms with Crippen LogP contribution in [0.15, 0.2) is 4.99 Å². The number of nitrogens with two attached hydrogens (primary N) is 4. The monoisotopic (exact) mass is 430 g/mol. The number of nitrogens with one attached hydrogen (secondary N) is 3. The van der Waals surface area contributed by atoms with Gasteiger partial charge in [0.2, 0.25) is 23.6 Å². The van der Waals surface area contributed by atoms with Crippen LogP contribution in [-0.4, -0.2) is 71.4 Å². The van der Waals surface area contributed by atoms with Crippen LogP contribution in [0.5, 0.6) is 0 Å². The highest BCUT2D eigenvalue weighted by atomic mass is 16.4. The molecule has 0 fully saturated rings. The molecule has 4 atom stereocenters. The predicted octanol–water partition coefficient (Wildman–Crippen LogP) is -4.18. The number of primary amides is 1. The Morgan fingerprint density at radius 1 is 0.900 bits per heavy atom. The van der Waals surface area contributed by atoms with E-state index in [1.165, 1.54) is 13.8 Å². The molecule has 0 saturated heterocycles. The number of carboxylic acid groups (broad SMARTS) is 1. The largest absolute Gasteiger partial charge is 0.480 e. The number of guanidine groups is 1. The number of carboxylic acids is 1. The smallest absolute Gasteiger partial charge is 0.326 e. The predicted molar refractivity (Wildman–Crippen MR) is 106 cm³/mol. The fraction of sp³-hybridized carbons (Fsp3) is 0.625. The highest BCUT2D eigenvalue weighted by Crippen LogP contribution is 2.01. The number of aliphatic imine (C=N–C) groups is 1. The fourth-order valence-electron chi connectivity index (χ4n) is 2.15. The summed E-state index contributed by atoms with van der Waals surface area (Å²) in [6, 6.07) is -4.68. The topological polar surface area (TPSA) is 258 Å². The van der Waals surface area contributed by atoms with Crippen LogP contribution in [0.25, 0.3) is 0 Å². The molecule has 0 spiro atoms. The number of hydrogen-bond acceptors (Lipinski definition) is 7. The van der Waals surface area contributed by atoms with E-state index in [0.29, 0.717) is 6.42 Å². The van der Waals surface area contributed by atoms with E-state index in [9.17, 15) is 29.1 Å². The van der Waals surface area contributed by atoms with E-state index in [1.807, 2.05) is 0 Å². The van der Waals surface area contributed by atoms with E-state index < -0.39 is 60.2 Å². The summed E-state index contributed by atoms with van der Waals surface area (Å²) in [4.78, 5) is 62.5. The molecular formula is C16H30N8O6. The summed E-state index contributed by atoms with van der Waals surface area (Å²) in [5.41, 5.74) is 20.8. The minimum Gasteiger partial charge on any atom is -0.480 e. The normalized spacial score (nSPS) is 14.4. The van der Waals surface area contributed by atoms with Crippen LogP contribution in [0.3, 0.4) is 0 Å². The summed E-state index contributed by atoms with van der Waals surface area (Å²) in [6.45, 7) is 2.87. The van der Waals surface area contributed by atoms with Crippen LogP contribution in [0.4, 0.5) is 0 Å².